The Morgan fingerprint density at radius 2 is 2.17 bits per heavy atom. The summed E-state index contributed by atoms with van der Waals surface area (Å²) in [5.74, 6) is 0.398. The number of nitrogens with zero attached hydrogens (tertiary/aromatic N) is 2. The molecule has 1 aliphatic rings. The molecule has 4 nitrogen and oxygen atoms in total. The van der Waals surface area contributed by atoms with Crippen molar-refractivity contribution in [2.75, 3.05) is 0 Å². The molecular weight excluding hydrogens is 154 g/mol. The Labute approximate surface area is 69.1 Å². The zero-order valence-electron chi connectivity index (χ0n) is 6.27. The molecule has 0 amide bonds. The van der Waals surface area contributed by atoms with Gasteiger partial charge in [0.05, 0.1) is 0 Å². The van der Waals surface area contributed by atoms with E-state index in [-0.39, 0.29) is 0 Å². The first-order valence-electron chi connectivity index (χ1n) is 3.58. The minimum atomic E-state index is -0.638. The monoisotopic (exact) mass is 161 g/mol. The molecule has 4 heteroatoms. The van der Waals surface area contributed by atoms with Crippen LogP contribution in [0.15, 0.2) is 34.4 Å². The van der Waals surface area contributed by atoms with Gasteiger partial charge in [0.2, 0.25) is 6.17 Å². The van der Waals surface area contributed by atoms with Crippen LogP contribution in [0.3, 0.4) is 0 Å². The van der Waals surface area contributed by atoms with Crippen molar-refractivity contribution in [1.29, 1.82) is 0 Å². The lowest BCUT2D eigenvalue weighted by atomic mass is 10.1. The number of nitroso groups, excluding NO2 is 1. The van der Waals surface area contributed by atoms with Crippen molar-refractivity contribution >= 4 is 5.84 Å². The van der Waals surface area contributed by atoms with E-state index in [1.807, 2.05) is 24.3 Å². The minimum absolute atomic E-state index is 0.398. The molecule has 1 aromatic rings. The van der Waals surface area contributed by atoms with Gasteiger partial charge in [-0.15, -0.1) is 4.91 Å². The van der Waals surface area contributed by atoms with Crippen LogP contribution in [0, 0.1) is 4.91 Å². The van der Waals surface area contributed by atoms with Gasteiger partial charge in [-0.1, -0.05) is 24.3 Å². The molecule has 1 unspecified atom stereocenters. The van der Waals surface area contributed by atoms with Crippen molar-refractivity contribution in [3.05, 3.63) is 40.3 Å². The van der Waals surface area contributed by atoms with Crippen LogP contribution in [0.4, 0.5) is 0 Å². The normalized spacial score (nSPS) is 20.0. The van der Waals surface area contributed by atoms with E-state index in [4.69, 9.17) is 5.73 Å². The number of rotatable bonds is 1. The third-order valence-electron chi connectivity index (χ3n) is 1.88. The van der Waals surface area contributed by atoms with E-state index in [0.717, 1.165) is 11.1 Å². The Kier molecular flexibility index (Phi) is 1.40. The second-order valence-electron chi connectivity index (χ2n) is 2.58. The minimum Gasteiger partial charge on any atom is -0.383 e. The second kappa shape index (κ2) is 2.41. The van der Waals surface area contributed by atoms with E-state index < -0.39 is 6.17 Å². The molecule has 0 saturated carbocycles. The van der Waals surface area contributed by atoms with Crippen LogP contribution in [0.2, 0.25) is 0 Å². The van der Waals surface area contributed by atoms with Crippen molar-refractivity contribution in [1.82, 2.24) is 0 Å². The van der Waals surface area contributed by atoms with Gasteiger partial charge in [-0.25, -0.2) is 4.99 Å². The molecule has 1 aliphatic heterocycles. The maximum absolute atomic E-state index is 10.3. The molecular formula is C8H7N3O. The van der Waals surface area contributed by atoms with Gasteiger partial charge in [0, 0.05) is 11.1 Å². The summed E-state index contributed by atoms with van der Waals surface area (Å²) >= 11 is 0. The first-order chi connectivity index (χ1) is 5.83. The summed E-state index contributed by atoms with van der Waals surface area (Å²) in [6.07, 6.45) is -0.638. The maximum Gasteiger partial charge on any atom is 0.209 e. The van der Waals surface area contributed by atoms with Gasteiger partial charge in [-0.2, -0.15) is 0 Å². The van der Waals surface area contributed by atoms with Gasteiger partial charge in [0.1, 0.15) is 5.84 Å². The van der Waals surface area contributed by atoms with Gasteiger partial charge in [-0.3, -0.25) is 0 Å². The first-order valence-corrected chi connectivity index (χ1v) is 3.58. The van der Waals surface area contributed by atoms with Crippen molar-refractivity contribution < 1.29 is 0 Å². The summed E-state index contributed by atoms with van der Waals surface area (Å²) < 4.78 is 0. The maximum atomic E-state index is 10.3. The fraction of sp³-hybridized carbons (Fsp3) is 0.125. The zero-order chi connectivity index (χ0) is 8.55. The van der Waals surface area contributed by atoms with E-state index in [9.17, 15) is 4.91 Å². The van der Waals surface area contributed by atoms with Crippen LogP contribution in [0.25, 0.3) is 0 Å². The Hall–Kier alpha value is -1.71. The van der Waals surface area contributed by atoms with Crippen molar-refractivity contribution in [2.24, 2.45) is 15.9 Å². The van der Waals surface area contributed by atoms with Crippen LogP contribution in [0.5, 0.6) is 0 Å². The van der Waals surface area contributed by atoms with Crippen LogP contribution in [-0.2, 0) is 0 Å². The van der Waals surface area contributed by atoms with E-state index in [0.29, 0.717) is 5.84 Å². The molecule has 0 aliphatic carbocycles. The fourth-order valence-corrected chi connectivity index (χ4v) is 1.31. The molecule has 0 bridgehead atoms. The van der Waals surface area contributed by atoms with E-state index in [1.165, 1.54) is 0 Å². The third kappa shape index (κ3) is 0.812. The Bertz CT molecular complexity index is 359. The first kappa shape index (κ1) is 6.97. The fourth-order valence-electron chi connectivity index (χ4n) is 1.31. The van der Waals surface area contributed by atoms with E-state index in [2.05, 4.69) is 10.2 Å². The molecule has 0 saturated heterocycles. The number of nitrogens with two attached hydrogens (primary N) is 1. The van der Waals surface area contributed by atoms with Crippen molar-refractivity contribution in [3.8, 4) is 0 Å². The summed E-state index contributed by atoms with van der Waals surface area (Å²) in [6.45, 7) is 0. The molecule has 1 heterocycles. The average molecular weight is 161 g/mol. The van der Waals surface area contributed by atoms with Gasteiger partial charge in [0.25, 0.3) is 0 Å². The molecule has 1 aromatic carbocycles. The topological polar surface area (TPSA) is 67.8 Å². The Balaban J connectivity index is 2.59. The highest BCUT2D eigenvalue weighted by atomic mass is 16.3. The van der Waals surface area contributed by atoms with E-state index >= 15 is 0 Å². The smallest absolute Gasteiger partial charge is 0.209 e. The standard InChI is InChI=1S/C8H7N3O/c9-7-5-3-1-2-4-6(5)8(10-7)11-12/h1-4,8H,(H2,9,10). The number of benzene rings is 1. The van der Waals surface area contributed by atoms with E-state index in [1.54, 1.807) is 0 Å². The van der Waals surface area contributed by atoms with Crippen molar-refractivity contribution in [2.45, 2.75) is 6.17 Å². The van der Waals surface area contributed by atoms with Gasteiger partial charge < -0.3 is 5.73 Å². The lowest BCUT2D eigenvalue weighted by molar-refractivity contribution is 0.789. The summed E-state index contributed by atoms with van der Waals surface area (Å²) in [6, 6.07) is 7.34. The van der Waals surface area contributed by atoms with Crippen molar-refractivity contribution in [3.63, 3.8) is 0 Å². The highest BCUT2D eigenvalue weighted by molar-refractivity contribution is 6.01. The SMILES string of the molecule is NC1=NC(N=O)c2ccccc21. The van der Waals surface area contributed by atoms with Crippen LogP contribution in [0.1, 0.15) is 17.3 Å². The highest BCUT2D eigenvalue weighted by Gasteiger charge is 2.22. The number of hydrogen-bond acceptors (Lipinski definition) is 4. The van der Waals surface area contributed by atoms with Crippen LogP contribution in [-0.4, -0.2) is 5.84 Å². The van der Waals surface area contributed by atoms with Gasteiger partial charge in [0.15, 0.2) is 0 Å². The number of aliphatic imine (C=N–C) groups is 1. The van der Waals surface area contributed by atoms with Gasteiger partial charge >= 0.3 is 0 Å². The molecule has 0 aromatic heterocycles. The molecule has 60 valence electrons. The predicted molar refractivity (Wildman–Crippen MR) is 45.7 cm³/mol. The zero-order valence-corrected chi connectivity index (χ0v) is 6.27. The summed E-state index contributed by atoms with van der Waals surface area (Å²) in [4.78, 5) is 14.2. The summed E-state index contributed by atoms with van der Waals surface area (Å²) in [5.41, 5.74) is 7.18. The molecule has 0 radical (unpaired) electrons. The summed E-state index contributed by atoms with van der Waals surface area (Å²) in [5, 5.41) is 2.86. The lowest BCUT2D eigenvalue weighted by Crippen LogP contribution is -2.09. The molecule has 2 rings (SSSR count). The second-order valence-corrected chi connectivity index (χ2v) is 2.58. The summed E-state index contributed by atoms with van der Waals surface area (Å²) in [7, 11) is 0. The largest absolute Gasteiger partial charge is 0.383 e. The molecule has 0 spiro atoms. The number of hydrogen-bond donors (Lipinski definition) is 1. The lowest BCUT2D eigenvalue weighted by Gasteiger charge is -1.98. The molecule has 2 N–H and O–H groups in total. The quantitative estimate of drug-likeness (QED) is 0.628. The van der Waals surface area contributed by atoms with Crippen LogP contribution >= 0.6 is 0 Å². The highest BCUT2D eigenvalue weighted by Crippen LogP contribution is 2.28. The van der Waals surface area contributed by atoms with Gasteiger partial charge in [-0.05, 0) is 5.18 Å². The Morgan fingerprint density at radius 3 is 2.92 bits per heavy atom. The van der Waals surface area contributed by atoms with Crippen LogP contribution < -0.4 is 5.73 Å². The molecule has 12 heavy (non-hydrogen) atoms. The number of amidine groups is 1. The molecule has 1 atom stereocenters. The number of fused-ring (bicyclic) bond motifs is 1. The third-order valence-corrected chi connectivity index (χ3v) is 1.88. The average Bonchev–Trinajstić information content (AvgIpc) is 2.44. The predicted octanol–water partition coefficient (Wildman–Crippen LogP) is 1.17. The Morgan fingerprint density at radius 1 is 1.42 bits per heavy atom. The molecule has 0 fully saturated rings.